The number of halogens is 3. The van der Waals surface area contributed by atoms with Crippen molar-refractivity contribution in [1.29, 1.82) is 0 Å². The van der Waals surface area contributed by atoms with Crippen LogP contribution in [0, 0.1) is 27.6 Å². The van der Waals surface area contributed by atoms with Gasteiger partial charge in [0, 0.05) is 11.6 Å². The van der Waals surface area contributed by atoms with Crippen LogP contribution in [-0.4, -0.2) is 4.92 Å². The monoisotopic (exact) mass is 253 g/mol. The summed E-state index contributed by atoms with van der Waals surface area (Å²) in [4.78, 5) is 9.92. The van der Waals surface area contributed by atoms with Crippen LogP contribution in [0.3, 0.4) is 0 Å². The summed E-state index contributed by atoms with van der Waals surface area (Å²) in [5.41, 5.74) is -1.64. The molecule has 3 nitrogen and oxygen atoms in total. The van der Waals surface area contributed by atoms with Gasteiger partial charge in [-0.05, 0) is 12.1 Å². The number of rotatable bonds is 2. The fraction of sp³-hybridized carbons (Fsp3) is 0. The van der Waals surface area contributed by atoms with Gasteiger partial charge < -0.3 is 0 Å². The summed E-state index contributed by atoms with van der Waals surface area (Å²) >= 11 is 0. The first kappa shape index (κ1) is 12.1. The Morgan fingerprint density at radius 1 is 0.944 bits per heavy atom. The predicted molar refractivity (Wildman–Crippen MR) is 58.4 cm³/mol. The number of nitro groups is 1. The highest BCUT2D eigenvalue weighted by Gasteiger charge is 2.23. The Hall–Kier alpha value is -2.37. The van der Waals surface area contributed by atoms with E-state index in [2.05, 4.69) is 0 Å². The van der Waals surface area contributed by atoms with E-state index in [0.717, 1.165) is 36.4 Å². The van der Waals surface area contributed by atoms with Crippen molar-refractivity contribution in [3.05, 3.63) is 64.0 Å². The minimum Gasteiger partial charge on any atom is -0.258 e. The molecule has 0 radical (unpaired) electrons. The van der Waals surface area contributed by atoms with Crippen LogP contribution in [0.5, 0.6) is 0 Å². The summed E-state index contributed by atoms with van der Waals surface area (Å²) in [6, 6.07) is 6.21. The molecule has 0 atom stereocenters. The van der Waals surface area contributed by atoms with Crippen LogP contribution in [0.25, 0.3) is 11.1 Å². The lowest BCUT2D eigenvalue weighted by Gasteiger charge is -2.06. The first-order valence-electron chi connectivity index (χ1n) is 4.89. The first-order valence-corrected chi connectivity index (χ1v) is 4.89. The molecule has 0 bridgehead atoms. The first-order chi connectivity index (χ1) is 8.52. The number of nitrogens with zero attached hydrogens (tertiary/aromatic N) is 1. The van der Waals surface area contributed by atoms with E-state index in [1.165, 1.54) is 0 Å². The predicted octanol–water partition coefficient (Wildman–Crippen LogP) is 3.68. The van der Waals surface area contributed by atoms with Crippen molar-refractivity contribution in [2.75, 3.05) is 0 Å². The second-order valence-corrected chi connectivity index (χ2v) is 3.49. The zero-order valence-corrected chi connectivity index (χ0v) is 8.86. The van der Waals surface area contributed by atoms with Crippen LogP contribution >= 0.6 is 0 Å². The van der Waals surface area contributed by atoms with Crippen LogP contribution in [0.15, 0.2) is 36.4 Å². The SMILES string of the molecule is O=[N+]([O-])c1cccc(F)c1-c1cccc(F)c1F. The van der Waals surface area contributed by atoms with Crippen molar-refractivity contribution in [2.24, 2.45) is 0 Å². The molecule has 0 spiro atoms. The van der Waals surface area contributed by atoms with Gasteiger partial charge in [0.2, 0.25) is 0 Å². The number of nitro benzene ring substituents is 1. The van der Waals surface area contributed by atoms with Crippen LogP contribution in [-0.2, 0) is 0 Å². The maximum atomic E-state index is 13.6. The maximum absolute atomic E-state index is 13.6. The molecule has 92 valence electrons. The Morgan fingerprint density at radius 3 is 2.22 bits per heavy atom. The van der Waals surface area contributed by atoms with E-state index in [0.29, 0.717) is 0 Å². The summed E-state index contributed by atoms with van der Waals surface area (Å²) in [7, 11) is 0. The average Bonchev–Trinajstić information content (AvgIpc) is 2.33. The van der Waals surface area contributed by atoms with E-state index >= 15 is 0 Å². The van der Waals surface area contributed by atoms with Crippen molar-refractivity contribution < 1.29 is 18.1 Å². The fourth-order valence-electron chi connectivity index (χ4n) is 1.63. The molecule has 2 aromatic carbocycles. The van der Waals surface area contributed by atoms with Gasteiger partial charge in [0.25, 0.3) is 5.69 Å². The van der Waals surface area contributed by atoms with Crippen molar-refractivity contribution in [3.8, 4) is 11.1 Å². The van der Waals surface area contributed by atoms with Crippen molar-refractivity contribution in [2.45, 2.75) is 0 Å². The molecule has 2 aromatic rings. The minimum absolute atomic E-state index is 0.472. The highest BCUT2D eigenvalue weighted by molar-refractivity contribution is 5.74. The molecule has 2 rings (SSSR count). The number of hydrogen-bond acceptors (Lipinski definition) is 2. The Morgan fingerprint density at radius 2 is 1.56 bits per heavy atom. The molecule has 0 N–H and O–H groups in total. The molecule has 0 aliphatic heterocycles. The molecule has 0 saturated carbocycles. The lowest BCUT2D eigenvalue weighted by molar-refractivity contribution is -0.384. The summed E-state index contributed by atoms with van der Waals surface area (Å²) < 4.78 is 40.2. The van der Waals surface area contributed by atoms with E-state index < -0.39 is 39.2 Å². The molecule has 0 fully saturated rings. The second kappa shape index (κ2) is 4.48. The number of hydrogen-bond donors (Lipinski definition) is 0. The third kappa shape index (κ3) is 1.92. The highest BCUT2D eigenvalue weighted by Crippen LogP contribution is 2.34. The van der Waals surface area contributed by atoms with Crippen LogP contribution in [0.2, 0.25) is 0 Å². The summed E-state index contributed by atoms with van der Waals surface area (Å²) in [5.74, 6) is -3.48. The molecule has 0 aliphatic carbocycles. The van der Waals surface area contributed by atoms with Gasteiger partial charge in [-0.2, -0.15) is 0 Å². The zero-order chi connectivity index (χ0) is 13.3. The van der Waals surface area contributed by atoms with Crippen molar-refractivity contribution >= 4 is 5.69 Å². The van der Waals surface area contributed by atoms with E-state index in [1.807, 2.05) is 0 Å². The fourth-order valence-corrected chi connectivity index (χ4v) is 1.63. The van der Waals surface area contributed by atoms with Gasteiger partial charge in [-0.25, -0.2) is 13.2 Å². The van der Waals surface area contributed by atoms with Gasteiger partial charge in [-0.3, -0.25) is 10.1 Å². The summed E-state index contributed by atoms with van der Waals surface area (Å²) in [6.07, 6.45) is 0. The molecular weight excluding hydrogens is 247 g/mol. The lowest BCUT2D eigenvalue weighted by Crippen LogP contribution is -1.98. The van der Waals surface area contributed by atoms with Gasteiger partial charge in [0.1, 0.15) is 5.82 Å². The molecule has 0 aromatic heterocycles. The lowest BCUT2D eigenvalue weighted by atomic mass is 10.0. The maximum Gasteiger partial charge on any atom is 0.280 e. The summed E-state index contributed by atoms with van der Waals surface area (Å²) in [6.45, 7) is 0. The quantitative estimate of drug-likeness (QED) is 0.605. The van der Waals surface area contributed by atoms with Gasteiger partial charge in [0.05, 0.1) is 10.5 Å². The minimum atomic E-state index is -1.31. The topological polar surface area (TPSA) is 43.1 Å². The molecule has 0 heterocycles. The molecule has 0 unspecified atom stereocenters. The van der Waals surface area contributed by atoms with Gasteiger partial charge in [-0.1, -0.05) is 18.2 Å². The third-order valence-electron chi connectivity index (χ3n) is 2.41. The van der Waals surface area contributed by atoms with Crippen LogP contribution in [0.1, 0.15) is 0 Å². The van der Waals surface area contributed by atoms with Gasteiger partial charge in [-0.15, -0.1) is 0 Å². The third-order valence-corrected chi connectivity index (χ3v) is 2.41. The zero-order valence-electron chi connectivity index (χ0n) is 8.86. The Labute approximate surface area is 99.6 Å². The smallest absolute Gasteiger partial charge is 0.258 e. The highest BCUT2D eigenvalue weighted by atomic mass is 19.2. The van der Waals surface area contributed by atoms with Gasteiger partial charge in [0.15, 0.2) is 11.6 Å². The molecular formula is C12H6F3NO2. The Bertz CT molecular complexity index is 629. The van der Waals surface area contributed by atoms with Crippen molar-refractivity contribution in [1.82, 2.24) is 0 Å². The standard InChI is InChI=1S/C12H6F3NO2/c13-8-4-2-6-10(16(17)18)11(8)7-3-1-5-9(14)12(7)15/h1-6H. The largest absolute Gasteiger partial charge is 0.280 e. The van der Waals surface area contributed by atoms with Crippen LogP contribution < -0.4 is 0 Å². The van der Waals surface area contributed by atoms with Crippen LogP contribution in [0.4, 0.5) is 18.9 Å². The second-order valence-electron chi connectivity index (χ2n) is 3.49. The molecule has 6 heteroatoms. The van der Waals surface area contributed by atoms with E-state index in [1.54, 1.807) is 0 Å². The van der Waals surface area contributed by atoms with E-state index in [4.69, 9.17) is 0 Å². The Balaban J connectivity index is 2.78. The summed E-state index contributed by atoms with van der Waals surface area (Å²) in [5, 5.41) is 10.8. The van der Waals surface area contributed by atoms with Gasteiger partial charge >= 0.3 is 0 Å². The average molecular weight is 253 g/mol. The normalized spacial score (nSPS) is 10.4. The van der Waals surface area contributed by atoms with E-state index in [9.17, 15) is 23.3 Å². The van der Waals surface area contributed by atoms with E-state index in [-0.39, 0.29) is 0 Å². The molecule has 0 saturated heterocycles. The van der Waals surface area contributed by atoms with Crippen molar-refractivity contribution in [3.63, 3.8) is 0 Å². The number of benzene rings is 2. The Kier molecular flexibility index (Phi) is 3.01. The molecule has 0 aliphatic rings. The molecule has 0 amide bonds. The molecule has 18 heavy (non-hydrogen) atoms.